The molecule has 0 aromatic heterocycles. The van der Waals surface area contributed by atoms with Crippen LogP contribution < -0.4 is 5.32 Å². The number of rotatable bonds is 6. The fourth-order valence-corrected chi connectivity index (χ4v) is 5.00. The average molecular weight is 577 g/mol. The Morgan fingerprint density at radius 3 is 2.39 bits per heavy atom. The van der Waals surface area contributed by atoms with Crippen molar-refractivity contribution in [1.29, 1.82) is 4.78 Å². The summed E-state index contributed by atoms with van der Waals surface area (Å²) in [6.45, 7) is 0.346. The third kappa shape index (κ3) is 4.94. The largest absolute Gasteiger partial charge is 0.435 e. The SMILES string of the molecule is CS(=N)CCNC(=O)c1ccc(C2=NOC(c3cc(Cl)c(Cl)c(Cl)c3)(C(F)(F)F)C2)c2ccccc12. The van der Waals surface area contributed by atoms with E-state index in [1.54, 1.807) is 42.7 Å². The van der Waals surface area contributed by atoms with Crippen molar-refractivity contribution in [2.75, 3.05) is 18.6 Å². The number of carbonyl (C=O) groups excluding carboxylic acids is 1. The molecule has 0 saturated carbocycles. The highest BCUT2D eigenvalue weighted by Gasteiger charge is 2.62. The lowest BCUT2D eigenvalue weighted by molar-refractivity contribution is -0.275. The fraction of sp³-hybridized carbons (Fsp3) is 0.250. The summed E-state index contributed by atoms with van der Waals surface area (Å²) in [7, 11) is -0.566. The van der Waals surface area contributed by atoms with Crippen LogP contribution in [0, 0.1) is 4.78 Å². The van der Waals surface area contributed by atoms with E-state index in [-0.39, 0.29) is 32.3 Å². The molecule has 1 aliphatic heterocycles. The maximum Gasteiger partial charge on any atom is 0.435 e. The van der Waals surface area contributed by atoms with Gasteiger partial charge in [0.05, 0.1) is 20.8 Å². The molecule has 12 heteroatoms. The van der Waals surface area contributed by atoms with E-state index >= 15 is 0 Å². The summed E-state index contributed by atoms with van der Waals surface area (Å²) in [6.07, 6.45) is -3.74. The van der Waals surface area contributed by atoms with Crippen molar-refractivity contribution < 1.29 is 22.8 Å². The normalized spacial score (nSPS) is 18.6. The minimum atomic E-state index is -4.86. The quantitative estimate of drug-likeness (QED) is 0.307. The van der Waals surface area contributed by atoms with Crippen LogP contribution in [0.2, 0.25) is 15.1 Å². The van der Waals surface area contributed by atoms with Gasteiger partial charge in [0.2, 0.25) is 0 Å². The monoisotopic (exact) mass is 575 g/mol. The predicted molar refractivity (Wildman–Crippen MR) is 139 cm³/mol. The lowest BCUT2D eigenvalue weighted by Gasteiger charge is -2.30. The van der Waals surface area contributed by atoms with Gasteiger partial charge in [-0.3, -0.25) is 9.57 Å². The standard InChI is InChI=1S/C24H19Cl3F3N3O2S/c1-36(31)9-8-32-22(34)17-7-6-16(14-4-2-3-5-15(14)17)20-12-23(35-33-20,24(28,29)30)13-10-18(25)21(27)19(26)11-13/h2-7,10-11,31H,8-9,12H2,1H3,(H,32,34). The molecule has 0 fully saturated rings. The van der Waals surface area contributed by atoms with E-state index in [0.29, 0.717) is 34.2 Å². The van der Waals surface area contributed by atoms with Crippen molar-refractivity contribution in [3.8, 4) is 0 Å². The second-order valence-electron chi connectivity index (χ2n) is 8.19. The predicted octanol–water partition coefficient (Wildman–Crippen LogP) is 7.12. The first-order valence-electron chi connectivity index (χ1n) is 10.6. The molecular weight excluding hydrogens is 558 g/mol. The zero-order valence-electron chi connectivity index (χ0n) is 18.7. The van der Waals surface area contributed by atoms with E-state index < -0.39 is 28.9 Å². The number of halogens is 6. The lowest BCUT2D eigenvalue weighted by Crippen LogP contribution is -2.42. The zero-order valence-corrected chi connectivity index (χ0v) is 21.8. The number of fused-ring (bicyclic) bond motifs is 1. The molecule has 1 heterocycles. The van der Waals surface area contributed by atoms with Gasteiger partial charge in [0.15, 0.2) is 0 Å². The molecule has 1 aliphatic rings. The summed E-state index contributed by atoms with van der Waals surface area (Å²) >= 11 is 18.0. The van der Waals surface area contributed by atoms with E-state index in [9.17, 15) is 18.0 Å². The zero-order chi connectivity index (χ0) is 26.3. The van der Waals surface area contributed by atoms with Crippen molar-refractivity contribution in [3.63, 3.8) is 0 Å². The van der Waals surface area contributed by atoms with Crippen LogP contribution in [0.15, 0.2) is 53.7 Å². The summed E-state index contributed by atoms with van der Waals surface area (Å²) in [4.78, 5) is 17.9. The molecule has 190 valence electrons. The van der Waals surface area contributed by atoms with Crippen LogP contribution in [-0.4, -0.2) is 36.3 Å². The van der Waals surface area contributed by atoms with Gasteiger partial charge in [0.25, 0.3) is 11.5 Å². The van der Waals surface area contributed by atoms with Crippen LogP contribution in [-0.2, 0) is 21.1 Å². The Hall–Kier alpha value is -2.33. The lowest BCUT2D eigenvalue weighted by atomic mass is 9.85. The minimum absolute atomic E-state index is 0.0573. The summed E-state index contributed by atoms with van der Waals surface area (Å²) in [5.74, 6) is 0.191. The van der Waals surface area contributed by atoms with Crippen molar-refractivity contribution in [3.05, 3.63) is 80.3 Å². The van der Waals surface area contributed by atoms with Crippen LogP contribution >= 0.6 is 34.8 Å². The molecule has 1 amide bonds. The molecule has 0 radical (unpaired) electrons. The number of oxime groups is 1. The molecule has 3 aromatic carbocycles. The Bertz CT molecular complexity index is 1390. The highest BCUT2D eigenvalue weighted by molar-refractivity contribution is 7.85. The van der Waals surface area contributed by atoms with Crippen LogP contribution in [0.4, 0.5) is 13.2 Å². The number of hydrogen-bond acceptors (Lipinski definition) is 4. The smallest absolute Gasteiger partial charge is 0.374 e. The Morgan fingerprint density at radius 2 is 1.78 bits per heavy atom. The van der Waals surface area contributed by atoms with Gasteiger partial charge in [-0.1, -0.05) is 70.3 Å². The van der Waals surface area contributed by atoms with Crippen LogP contribution in [0.5, 0.6) is 0 Å². The van der Waals surface area contributed by atoms with Crippen molar-refractivity contribution >= 4 is 67.9 Å². The van der Waals surface area contributed by atoms with Gasteiger partial charge in [0, 0.05) is 35.4 Å². The van der Waals surface area contributed by atoms with Gasteiger partial charge >= 0.3 is 6.18 Å². The molecule has 36 heavy (non-hydrogen) atoms. The number of hydrogen-bond donors (Lipinski definition) is 2. The number of nitrogens with one attached hydrogen (secondary N) is 2. The first-order chi connectivity index (χ1) is 16.9. The molecule has 0 spiro atoms. The topological polar surface area (TPSA) is 74.5 Å². The third-order valence-corrected chi connectivity index (χ3v) is 7.82. The number of alkyl halides is 3. The molecule has 0 saturated heterocycles. The average Bonchev–Trinajstić information content (AvgIpc) is 3.28. The Balaban J connectivity index is 1.73. The second-order valence-corrected chi connectivity index (χ2v) is 11.1. The molecule has 3 aromatic rings. The Morgan fingerprint density at radius 1 is 1.14 bits per heavy atom. The first kappa shape index (κ1) is 26.7. The second kappa shape index (κ2) is 10.2. The van der Waals surface area contributed by atoms with Gasteiger partial charge in [-0.2, -0.15) is 13.2 Å². The third-order valence-electron chi connectivity index (χ3n) is 5.81. The number of amides is 1. The Labute approximate surface area is 222 Å². The maximum atomic E-state index is 14.4. The fourth-order valence-electron chi connectivity index (χ4n) is 4.00. The summed E-state index contributed by atoms with van der Waals surface area (Å²) < 4.78 is 50.9. The molecule has 2 N–H and O–H groups in total. The number of nitrogens with zero attached hydrogens (tertiary/aromatic N) is 1. The summed E-state index contributed by atoms with van der Waals surface area (Å²) in [5.41, 5.74) is -2.31. The number of carbonyl (C=O) groups is 1. The molecule has 2 atom stereocenters. The van der Waals surface area contributed by atoms with Gasteiger partial charge in [-0.25, -0.2) is 0 Å². The van der Waals surface area contributed by atoms with Crippen LogP contribution in [0.1, 0.15) is 27.9 Å². The van der Waals surface area contributed by atoms with Gasteiger partial charge in [0.1, 0.15) is 0 Å². The maximum absolute atomic E-state index is 14.4. The molecule has 0 aliphatic carbocycles. The van der Waals surface area contributed by atoms with E-state index in [1.165, 1.54) is 0 Å². The molecule has 0 bridgehead atoms. The molecular formula is C24H19Cl3F3N3O2S. The first-order valence-corrected chi connectivity index (χ1v) is 13.5. The van der Waals surface area contributed by atoms with Crippen molar-refractivity contribution in [1.82, 2.24) is 5.32 Å². The highest BCUT2D eigenvalue weighted by Crippen LogP contribution is 2.51. The van der Waals surface area contributed by atoms with Gasteiger partial charge < -0.3 is 10.2 Å². The van der Waals surface area contributed by atoms with E-state index in [0.717, 1.165) is 12.1 Å². The highest BCUT2D eigenvalue weighted by atomic mass is 35.5. The molecule has 2 unspecified atom stereocenters. The summed E-state index contributed by atoms with van der Waals surface area (Å²) in [6, 6.07) is 12.1. The van der Waals surface area contributed by atoms with Gasteiger partial charge in [-0.05, 0) is 35.2 Å². The van der Waals surface area contributed by atoms with Crippen LogP contribution in [0.3, 0.4) is 0 Å². The Kier molecular flexibility index (Phi) is 7.57. The molecule has 4 rings (SSSR count). The van der Waals surface area contributed by atoms with E-state index in [2.05, 4.69) is 10.5 Å². The molecule has 5 nitrogen and oxygen atoms in total. The summed E-state index contributed by atoms with van der Waals surface area (Å²) in [5, 5.41) is 7.39. The van der Waals surface area contributed by atoms with Crippen molar-refractivity contribution in [2.24, 2.45) is 5.16 Å². The van der Waals surface area contributed by atoms with E-state index in [4.69, 9.17) is 44.4 Å². The van der Waals surface area contributed by atoms with Crippen LogP contribution in [0.25, 0.3) is 10.8 Å². The van der Waals surface area contributed by atoms with Gasteiger partial charge in [-0.15, -0.1) is 10.7 Å². The van der Waals surface area contributed by atoms with Crippen molar-refractivity contribution in [2.45, 2.75) is 18.2 Å². The number of benzene rings is 3. The minimum Gasteiger partial charge on any atom is -0.374 e. The van der Waals surface area contributed by atoms with E-state index in [1.807, 2.05) is 0 Å².